The molecule has 1 aliphatic rings. The van der Waals surface area contributed by atoms with Crippen LogP contribution in [-0.2, 0) is 9.47 Å². The van der Waals surface area contributed by atoms with Gasteiger partial charge in [0, 0.05) is 25.3 Å². The number of hydrogen-bond acceptors (Lipinski definition) is 7. The van der Waals surface area contributed by atoms with Gasteiger partial charge in [0.1, 0.15) is 5.82 Å². The molecule has 0 amide bonds. The first-order valence-corrected chi connectivity index (χ1v) is 5.76. The van der Waals surface area contributed by atoms with Crippen molar-refractivity contribution in [2.24, 2.45) is 0 Å². The molecule has 1 aromatic rings. The predicted molar refractivity (Wildman–Crippen MR) is 64.5 cm³/mol. The minimum atomic E-state index is -0.544. The second-order valence-electron chi connectivity index (χ2n) is 3.86. The Balaban J connectivity index is 1.90. The Morgan fingerprint density at radius 3 is 3.33 bits per heavy atom. The smallest absolute Gasteiger partial charge is 0.376 e. The summed E-state index contributed by atoms with van der Waals surface area (Å²) in [6, 6.07) is 1.95. The summed E-state index contributed by atoms with van der Waals surface area (Å²) in [5, 5.41) is 6.45. The van der Waals surface area contributed by atoms with Crippen molar-refractivity contribution in [1.82, 2.24) is 15.3 Å². The van der Waals surface area contributed by atoms with Gasteiger partial charge in [0.05, 0.1) is 20.3 Å². The Kier molecular flexibility index (Phi) is 4.43. The lowest BCUT2D eigenvalue weighted by Gasteiger charge is -2.24. The van der Waals surface area contributed by atoms with Crippen LogP contribution >= 0.6 is 0 Å². The van der Waals surface area contributed by atoms with E-state index in [1.54, 1.807) is 6.07 Å². The topological polar surface area (TPSA) is 85.4 Å². The average Bonchev–Trinajstić information content (AvgIpc) is 2.45. The van der Waals surface area contributed by atoms with Gasteiger partial charge in [-0.05, 0) is 6.07 Å². The molecule has 2 heterocycles. The number of methoxy groups -OCH3 is 1. The van der Waals surface area contributed by atoms with Crippen molar-refractivity contribution in [3.8, 4) is 0 Å². The summed E-state index contributed by atoms with van der Waals surface area (Å²) >= 11 is 0. The molecule has 0 spiro atoms. The fourth-order valence-corrected chi connectivity index (χ4v) is 1.63. The Morgan fingerprint density at radius 1 is 1.72 bits per heavy atom. The second-order valence-corrected chi connectivity index (χ2v) is 3.86. The average molecular weight is 252 g/mol. The third-order valence-corrected chi connectivity index (χ3v) is 2.55. The lowest BCUT2D eigenvalue weighted by Crippen LogP contribution is -2.45. The Morgan fingerprint density at radius 2 is 2.61 bits per heavy atom. The maximum Gasteiger partial charge on any atom is 0.376 e. The van der Waals surface area contributed by atoms with Gasteiger partial charge in [-0.15, -0.1) is 0 Å². The van der Waals surface area contributed by atoms with Crippen molar-refractivity contribution in [3.63, 3.8) is 0 Å². The van der Waals surface area contributed by atoms with Crippen molar-refractivity contribution in [1.29, 1.82) is 0 Å². The number of carbonyl (C=O) groups is 1. The van der Waals surface area contributed by atoms with Gasteiger partial charge in [0.15, 0.2) is 0 Å². The number of rotatable bonds is 4. The molecule has 0 radical (unpaired) electrons. The molecule has 0 aliphatic carbocycles. The van der Waals surface area contributed by atoms with Crippen LogP contribution < -0.4 is 10.6 Å². The maximum atomic E-state index is 11.3. The minimum Gasteiger partial charge on any atom is -0.463 e. The van der Waals surface area contributed by atoms with Crippen LogP contribution in [0.4, 0.5) is 5.82 Å². The Hall–Kier alpha value is -1.73. The minimum absolute atomic E-state index is 0.0513. The fraction of sp³-hybridized carbons (Fsp3) is 0.545. The van der Waals surface area contributed by atoms with E-state index in [9.17, 15) is 4.79 Å². The zero-order valence-electron chi connectivity index (χ0n) is 10.2. The van der Waals surface area contributed by atoms with Crippen LogP contribution in [0.15, 0.2) is 12.3 Å². The second kappa shape index (κ2) is 6.27. The number of ether oxygens (including phenoxy) is 2. The molecule has 7 heteroatoms. The molecule has 1 unspecified atom stereocenters. The lowest BCUT2D eigenvalue weighted by atomic mass is 10.3. The van der Waals surface area contributed by atoms with Crippen LogP contribution in [0.3, 0.4) is 0 Å². The summed E-state index contributed by atoms with van der Waals surface area (Å²) < 4.78 is 9.90. The summed E-state index contributed by atoms with van der Waals surface area (Å²) in [6.07, 6.45) is 1.52. The molecule has 2 rings (SSSR count). The van der Waals surface area contributed by atoms with Crippen molar-refractivity contribution < 1.29 is 14.3 Å². The number of carbonyl (C=O) groups excluding carboxylic acids is 1. The molecule has 1 aliphatic heterocycles. The van der Waals surface area contributed by atoms with Gasteiger partial charge in [0.2, 0.25) is 5.82 Å². The summed E-state index contributed by atoms with van der Waals surface area (Å²) in [5.41, 5.74) is 0. The van der Waals surface area contributed by atoms with Gasteiger partial charge in [-0.3, -0.25) is 0 Å². The van der Waals surface area contributed by atoms with Crippen LogP contribution in [0, 0.1) is 0 Å². The van der Waals surface area contributed by atoms with Crippen molar-refractivity contribution in [3.05, 3.63) is 18.1 Å². The molecule has 0 bridgehead atoms. The van der Waals surface area contributed by atoms with Crippen LogP contribution in [-0.4, -0.2) is 55.4 Å². The number of nitrogens with zero attached hydrogens (tertiary/aromatic N) is 2. The van der Waals surface area contributed by atoms with Crippen molar-refractivity contribution in [2.45, 2.75) is 6.04 Å². The first-order valence-electron chi connectivity index (χ1n) is 5.76. The monoisotopic (exact) mass is 252 g/mol. The molecular formula is C11H16N4O3. The van der Waals surface area contributed by atoms with E-state index in [0.717, 1.165) is 13.2 Å². The van der Waals surface area contributed by atoms with Crippen LogP contribution in [0.1, 0.15) is 10.6 Å². The predicted octanol–water partition coefficient (Wildman–Crippen LogP) is -0.336. The molecule has 98 valence electrons. The van der Waals surface area contributed by atoms with Gasteiger partial charge < -0.3 is 20.1 Å². The van der Waals surface area contributed by atoms with Gasteiger partial charge in [-0.1, -0.05) is 0 Å². The van der Waals surface area contributed by atoms with Crippen LogP contribution in [0.2, 0.25) is 0 Å². The molecule has 1 fully saturated rings. The lowest BCUT2D eigenvalue weighted by molar-refractivity contribution is 0.0586. The summed E-state index contributed by atoms with van der Waals surface area (Å²) in [6.45, 7) is 2.94. The molecule has 1 aromatic heterocycles. The van der Waals surface area contributed by atoms with E-state index in [4.69, 9.17) is 4.74 Å². The first kappa shape index (κ1) is 12.7. The van der Waals surface area contributed by atoms with E-state index in [1.807, 2.05) is 0 Å². The SMILES string of the molecule is COC(=O)c1nccc(NCC2COCCN2)n1. The highest BCUT2D eigenvalue weighted by Gasteiger charge is 2.13. The largest absolute Gasteiger partial charge is 0.463 e. The first-order chi connectivity index (χ1) is 8.79. The molecule has 0 aromatic carbocycles. The zero-order valence-corrected chi connectivity index (χ0v) is 10.2. The van der Waals surface area contributed by atoms with E-state index in [0.29, 0.717) is 19.0 Å². The van der Waals surface area contributed by atoms with E-state index in [1.165, 1.54) is 13.3 Å². The number of hydrogen-bond donors (Lipinski definition) is 2. The van der Waals surface area contributed by atoms with Crippen molar-refractivity contribution >= 4 is 11.8 Å². The molecule has 18 heavy (non-hydrogen) atoms. The van der Waals surface area contributed by atoms with Crippen LogP contribution in [0.25, 0.3) is 0 Å². The van der Waals surface area contributed by atoms with E-state index >= 15 is 0 Å². The third-order valence-electron chi connectivity index (χ3n) is 2.55. The van der Waals surface area contributed by atoms with Gasteiger partial charge >= 0.3 is 5.97 Å². The zero-order chi connectivity index (χ0) is 12.8. The number of aromatic nitrogens is 2. The standard InChI is InChI=1S/C11H16N4O3/c1-17-11(16)10-13-3-2-9(15-10)14-6-8-7-18-5-4-12-8/h2-3,8,12H,4-7H2,1H3,(H,13,14,15). The Bertz CT molecular complexity index is 407. The highest BCUT2D eigenvalue weighted by molar-refractivity contribution is 5.85. The molecule has 0 saturated carbocycles. The Labute approximate surface area is 105 Å². The number of esters is 1. The number of nitrogens with one attached hydrogen (secondary N) is 2. The molecule has 1 saturated heterocycles. The third kappa shape index (κ3) is 3.38. The van der Waals surface area contributed by atoms with Gasteiger partial charge in [0.25, 0.3) is 0 Å². The maximum absolute atomic E-state index is 11.3. The highest BCUT2D eigenvalue weighted by Crippen LogP contribution is 2.04. The molecule has 2 N–H and O–H groups in total. The van der Waals surface area contributed by atoms with Crippen molar-refractivity contribution in [2.75, 3.05) is 38.7 Å². The normalized spacial score (nSPS) is 19.3. The summed E-state index contributed by atoms with van der Waals surface area (Å²) in [7, 11) is 1.30. The molecule has 1 atom stereocenters. The fourth-order valence-electron chi connectivity index (χ4n) is 1.63. The molecule has 7 nitrogen and oxygen atoms in total. The quantitative estimate of drug-likeness (QED) is 0.709. The molecular weight excluding hydrogens is 236 g/mol. The summed E-state index contributed by atoms with van der Waals surface area (Å²) in [4.78, 5) is 19.2. The summed E-state index contributed by atoms with van der Waals surface area (Å²) in [5.74, 6) is 0.103. The van der Waals surface area contributed by atoms with Gasteiger partial charge in [-0.25, -0.2) is 14.8 Å². The van der Waals surface area contributed by atoms with Crippen LogP contribution in [0.5, 0.6) is 0 Å². The number of morpholine rings is 1. The highest BCUT2D eigenvalue weighted by atomic mass is 16.5. The van der Waals surface area contributed by atoms with E-state index in [2.05, 4.69) is 25.3 Å². The van der Waals surface area contributed by atoms with E-state index in [-0.39, 0.29) is 11.9 Å². The van der Waals surface area contributed by atoms with E-state index < -0.39 is 5.97 Å². The number of anilines is 1. The van der Waals surface area contributed by atoms with Gasteiger partial charge in [-0.2, -0.15) is 0 Å².